The molecule has 3 amide bonds. The molecule has 2 atom stereocenters. The molecule has 6 nitrogen and oxygen atoms in total. The van der Waals surface area contributed by atoms with Crippen LogP contribution in [0.15, 0.2) is 42.5 Å². The minimum atomic E-state index is -0.663. The number of aryl methyl sites for hydroxylation is 1. The zero-order chi connectivity index (χ0) is 19.4. The average molecular weight is 371 g/mol. The summed E-state index contributed by atoms with van der Waals surface area (Å²) in [6.07, 6.45) is -0.158. The number of benzene rings is 2. The molecule has 3 rings (SSSR count). The first-order valence-corrected chi connectivity index (χ1v) is 8.80. The van der Waals surface area contributed by atoms with Crippen molar-refractivity contribution in [2.24, 2.45) is 0 Å². The van der Waals surface area contributed by atoms with Crippen molar-refractivity contribution in [2.45, 2.75) is 25.5 Å². The van der Waals surface area contributed by atoms with Crippen molar-refractivity contribution >= 4 is 11.9 Å². The van der Waals surface area contributed by atoms with Crippen molar-refractivity contribution in [2.75, 3.05) is 13.1 Å². The maximum atomic E-state index is 13.5. The van der Waals surface area contributed by atoms with Gasteiger partial charge in [0.1, 0.15) is 5.82 Å². The van der Waals surface area contributed by atoms with Crippen LogP contribution >= 0.6 is 0 Å². The molecule has 0 spiro atoms. The molecule has 1 aliphatic carbocycles. The fourth-order valence-corrected chi connectivity index (χ4v) is 3.13. The van der Waals surface area contributed by atoms with Gasteiger partial charge in [-0.15, -0.1) is 0 Å². The summed E-state index contributed by atoms with van der Waals surface area (Å²) in [5, 5.41) is 18.2. The van der Waals surface area contributed by atoms with E-state index in [1.165, 1.54) is 6.07 Å². The van der Waals surface area contributed by atoms with Gasteiger partial charge in [0.05, 0.1) is 12.1 Å². The summed E-state index contributed by atoms with van der Waals surface area (Å²) >= 11 is 0. The molecule has 27 heavy (non-hydrogen) atoms. The highest BCUT2D eigenvalue weighted by Gasteiger charge is 2.31. The number of fused-ring (bicyclic) bond motifs is 1. The maximum Gasteiger partial charge on any atom is 0.315 e. The van der Waals surface area contributed by atoms with Crippen molar-refractivity contribution in [3.63, 3.8) is 0 Å². The summed E-state index contributed by atoms with van der Waals surface area (Å²) in [6.45, 7) is 2.03. The summed E-state index contributed by atoms with van der Waals surface area (Å²) in [5.41, 5.74) is 2.64. The molecule has 7 heteroatoms. The quantitative estimate of drug-likeness (QED) is 0.605. The number of hydrogen-bond donors (Lipinski definition) is 4. The third kappa shape index (κ3) is 4.43. The second-order valence-electron chi connectivity index (χ2n) is 6.57. The van der Waals surface area contributed by atoms with Crippen molar-refractivity contribution < 1.29 is 19.1 Å². The van der Waals surface area contributed by atoms with Crippen LogP contribution in [-0.2, 0) is 6.42 Å². The van der Waals surface area contributed by atoms with Gasteiger partial charge in [0.25, 0.3) is 5.91 Å². The predicted molar refractivity (Wildman–Crippen MR) is 98.9 cm³/mol. The van der Waals surface area contributed by atoms with Gasteiger partial charge in [-0.05, 0) is 35.7 Å². The van der Waals surface area contributed by atoms with Crippen LogP contribution in [0.25, 0.3) is 0 Å². The summed E-state index contributed by atoms with van der Waals surface area (Å²) in [7, 11) is 0. The van der Waals surface area contributed by atoms with Gasteiger partial charge in [-0.1, -0.05) is 30.3 Å². The topological polar surface area (TPSA) is 90.5 Å². The summed E-state index contributed by atoms with van der Waals surface area (Å²) < 4.78 is 13.5. The van der Waals surface area contributed by atoms with E-state index in [1.54, 1.807) is 19.1 Å². The second kappa shape index (κ2) is 8.18. The second-order valence-corrected chi connectivity index (χ2v) is 6.57. The number of hydrogen-bond acceptors (Lipinski definition) is 3. The molecule has 0 saturated heterocycles. The Balaban J connectivity index is 1.43. The van der Waals surface area contributed by atoms with Crippen LogP contribution in [0.4, 0.5) is 9.18 Å². The molecule has 0 aromatic heterocycles. The van der Waals surface area contributed by atoms with Crippen molar-refractivity contribution in [1.29, 1.82) is 0 Å². The molecule has 0 fully saturated rings. The van der Waals surface area contributed by atoms with E-state index in [4.69, 9.17) is 0 Å². The van der Waals surface area contributed by atoms with Crippen LogP contribution in [0.5, 0.6) is 0 Å². The first kappa shape index (κ1) is 18.8. The smallest absolute Gasteiger partial charge is 0.315 e. The van der Waals surface area contributed by atoms with Gasteiger partial charge in [0.2, 0.25) is 0 Å². The lowest BCUT2D eigenvalue weighted by Crippen LogP contribution is -2.43. The van der Waals surface area contributed by atoms with Gasteiger partial charge < -0.3 is 21.1 Å². The van der Waals surface area contributed by atoms with E-state index in [-0.39, 0.29) is 18.7 Å². The third-order valence-electron chi connectivity index (χ3n) is 4.62. The molecule has 2 aromatic rings. The molecule has 2 unspecified atom stereocenters. The third-order valence-corrected chi connectivity index (χ3v) is 4.62. The Morgan fingerprint density at radius 2 is 1.89 bits per heavy atom. The summed E-state index contributed by atoms with van der Waals surface area (Å²) in [5.74, 6) is -0.841. The molecule has 2 aromatic carbocycles. The van der Waals surface area contributed by atoms with Crippen molar-refractivity contribution in [3.05, 3.63) is 70.5 Å². The Morgan fingerprint density at radius 3 is 2.67 bits per heavy atom. The Kier molecular flexibility index (Phi) is 5.71. The number of carbonyl (C=O) groups excluding carboxylic acids is 2. The number of halogens is 1. The molecule has 142 valence electrons. The Hall–Kier alpha value is -2.93. The molecule has 0 bridgehead atoms. The lowest BCUT2D eigenvalue weighted by Gasteiger charge is -2.18. The normalized spacial score (nSPS) is 17.9. The lowest BCUT2D eigenvalue weighted by atomic mass is 10.1. The van der Waals surface area contributed by atoms with Gasteiger partial charge in [-0.25, -0.2) is 9.18 Å². The number of urea groups is 1. The first-order chi connectivity index (χ1) is 13.0. The highest BCUT2D eigenvalue weighted by atomic mass is 19.1. The fourth-order valence-electron chi connectivity index (χ4n) is 3.13. The van der Waals surface area contributed by atoms with Crippen LogP contribution < -0.4 is 16.0 Å². The fraction of sp³-hybridized carbons (Fsp3) is 0.300. The molecule has 0 aliphatic heterocycles. The molecule has 1 aliphatic rings. The zero-order valence-corrected chi connectivity index (χ0v) is 15.0. The minimum Gasteiger partial charge on any atom is -0.390 e. The van der Waals surface area contributed by atoms with E-state index in [2.05, 4.69) is 16.0 Å². The van der Waals surface area contributed by atoms with Gasteiger partial charge in [-0.3, -0.25) is 4.79 Å². The maximum absolute atomic E-state index is 13.5. The monoisotopic (exact) mass is 371 g/mol. The van der Waals surface area contributed by atoms with E-state index < -0.39 is 29.9 Å². The summed E-state index contributed by atoms with van der Waals surface area (Å²) in [4.78, 5) is 24.0. The van der Waals surface area contributed by atoms with E-state index in [0.29, 0.717) is 12.0 Å². The number of aliphatic hydroxyl groups excluding tert-OH is 1. The van der Waals surface area contributed by atoms with Crippen LogP contribution in [0.1, 0.15) is 33.1 Å². The van der Waals surface area contributed by atoms with Gasteiger partial charge >= 0.3 is 6.03 Å². The largest absolute Gasteiger partial charge is 0.390 e. The average Bonchev–Trinajstić information content (AvgIpc) is 2.96. The van der Waals surface area contributed by atoms with E-state index in [9.17, 15) is 19.1 Å². The molecular formula is C20H22FN3O3. The van der Waals surface area contributed by atoms with E-state index in [1.807, 2.05) is 24.3 Å². The number of amides is 3. The Morgan fingerprint density at radius 1 is 1.15 bits per heavy atom. The highest BCUT2D eigenvalue weighted by molar-refractivity contribution is 5.94. The van der Waals surface area contributed by atoms with Crippen molar-refractivity contribution in [3.8, 4) is 0 Å². The van der Waals surface area contributed by atoms with Crippen LogP contribution in [0.2, 0.25) is 0 Å². The van der Waals surface area contributed by atoms with Crippen molar-refractivity contribution in [1.82, 2.24) is 16.0 Å². The van der Waals surface area contributed by atoms with E-state index >= 15 is 0 Å². The summed E-state index contributed by atoms with van der Waals surface area (Å²) in [6, 6.07) is 11.0. The lowest BCUT2D eigenvalue weighted by molar-refractivity contribution is 0.0953. The number of rotatable bonds is 5. The number of aliphatic hydroxyl groups is 1. The van der Waals surface area contributed by atoms with Gasteiger partial charge in [-0.2, -0.15) is 0 Å². The van der Waals surface area contributed by atoms with Crippen LogP contribution in [0.3, 0.4) is 0 Å². The Labute approximate surface area is 156 Å². The SMILES string of the molecule is Cc1ccc(C(=O)NCCNC(=O)NC2c3ccccc3CC2O)cc1F. The minimum absolute atomic E-state index is 0.200. The first-order valence-electron chi connectivity index (χ1n) is 8.80. The molecular weight excluding hydrogens is 349 g/mol. The zero-order valence-electron chi connectivity index (χ0n) is 15.0. The van der Waals surface area contributed by atoms with Gasteiger partial charge in [0, 0.05) is 25.1 Å². The molecule has 0 heterocycles. The number of nitrogens with one attached hydrogen (secondary N) is 3. The Bertz CT molecular complexity index is 856. The highest BCUT2D eigenvalue weighted by Crippen LogP contribution is 2.30. The van der Waals surface area contributed by atoms with Crippen LogP contribution in [-0.4, -0.2) is 36.2 Å². The van der Waals surface area contributed by atoms with Crippen LogP contribution in [0, 0.1) is 12.7 Å². The standard InChI is InChI=1S/C20H22FN3O3/c1-12-6-7-14(10-16(12)21)19(26)22-8-9-23-20(27)24-18-15-5-3-2-4-13(15)11-17(18)25/h2-7,10,17-18,25H,8-9,11H2,1H3,(H,22,26)(H2,23,24,27). The predicted octanol–water partition coefficient (Wildman–Crippen LogP) is 1.82. The molecule has 0 radical (unpaired) electrons. The molecule has 4 N–H and O–H groups in total. The van der Waals surface area contributed by atoms with E-state index in [0.717, 1.165) is 11.1 Å². The van der Waals surface area contributed by atoms with Gasteiger partial charge in [0.15, 0.2) is 0 Å². The molecule has 0 saturated carbocycles. The number of carbonyl (C=O) groups is 2.